The van der Waals surface area contributed by atoms with Crippen LogP contribution in [-0.4, -0.2) is 37.2 Å². The van der Waals surface area contributed by atoms with E-state index in [4.69, 9.17) is 10.5 Å². The molecule has 0 unspecified atom stereocenters. The summed E-state index contributed by atoms with van der Waals surface area (Å²) in [7, 11) is 1.33. The standard InChI is InChI=1S/C14H16F4N2O2/c1-22-12-6-9(10(15)7-11(12)19)13(21)20-4-2-8(3-5-20)14(16,17)18/h6-8H,2-5,19H2,1H3. The number of nitrogen functional groups attached to an aromatic ring is 1. The van der Waals surface area contributed by atoms with Crippen LogP contribution in [0.4, 0.5) is 23.2 Å². The number of alkyl halides is 3. The Bertz CT molecular complexity index is 567. The summed E-state index contributed by atoms with van der Waals surface area (Å²) in [5.41, 5.74) is 5.33. The number of carbonyl (C=O) groups is 1. The average Bonchev–Trinajstić information content (AvgIpc) is 2.46. The third-order valence-corrected chi connectivity index (χ3v) is 3.79. The maximum atomic E-state index is 13.9. The van der Waals surface area contributed by atoms with Crippen LogP contribution >= 0.6 is 0 Å². The Morgan fingerprint density at radius 3 is 2.41 bits per heavy atom. The van der Waals surface area contributed by atoms with Crippen LogP contribution in [0.5, 0.6) is 5.75 Å². The van der Waals surface area contributed by atoms with Crippen molar-refractivity contribution in [2.45, 2.75) is 19.0 Å². The second-order valence-electron chi connectivity index (χ2n) is 5.18. The number of methoxy groups -OCH3 is 1. The lowest BCUT2D eigenvalue weighted by Crippen LogP contribution is -2.42. The zero-order valence-electron chi connectivity index (χ0n) is 11.9. The van der Waals surface area contributed by atoms with E-state index in [1.807, 2.05) is 0 Å². The van der Waals surface area contributed by atoms with Crippen LogP contribution in [0.1, 0.15) is 23.2 Å². The minimum atomic E-state index is -4.26. The van der Waals surface area contributed by atoms with E-state index in [2.05, 4.69) is 0 Å². The highest BCUT2D eigenvalue weighted by atomic mass is 19.4. The third kappa shape index (κ3) is 3.26. The maximum Gasteiger partial charge on any atom is 0.391 e. The number of amides is 1. The molecule has 1 aliphatic rings. The SMILES string of the molecule is COc1cc(C(=O)N2CCC(C(F)(F)F)CC2)c(F)cc1N. The van der Waals surface area contributed by atoms with Crippen molar-refractivity contribution in [3.63, 3.8) is 0 Å². The fourth-order valence-corrected chi connectivity index (χ4v) is 2.49. The maximum absolute atomic E-state index is 13.9. The fourth-order valence-electron chi connectivity index (χ4n) is 2.49. The molecule has 0 radical (unpaired) electrons. The van der Waals surface area contributed by atoms with Crippen molar-refractivity contribution in [3.05, 3.63) is 23.5 Å². The zero-order chi connectivity index (χ0) is 16.5. The topological polar surface area (TPSA) is 55.6 Å². The first-order valence-corrected chi connectivity index (χ1v) is 6.73. The molecule has 4 nitrogen and oxygen atoms in total. The number of nitrogens with two attached hydrogens (primary N) is 1. The molecule has 0 atom stereocenters. The number of piperidine rings is 1. The number of anilines is 1. The molecule has 0 aliphatic carbocycles. The van der Waals surface area contributed by atoms with Crippen LogP contribution in [-0.2, 0) is 0 Å². The van der Waals surface area contributed by atoms with Crippen molar-refractivity contribution in [3.8, 4) is 5.75 Å². The predicted molar refractivity (Wildman–Crippen MR) is 72.0 cm³/mol. The minimum absolute atomic E-state index is 0.0485. The average molecular weight is 320 g/mol. The summed E-state index contributed by atoms with van der Waals surface area (Å²) in [6.07, 6.45) is -4.61. The van der Waals surface area contributed by atoms with Gasteiger partial charge in [-0.1, -0.05) is 0 Å². The van der Waals surface area contributed by atoms with E-state index < -0.39 is 23.8 Å². The highest BCUT2D eigenvalue weighted by Gasteiger charge is 2.42. The Balaban J connectivity index is 2.14. The van der Waals surface area contributed by atoms with Gasteiger partial charge in [0.15, 0.2) is 0 Å². The van der Waals surface area contributed by atoms with E-state index >= 15 is 0 Å². The summed E-state index contributed by atoms with van der Waals surface area (Å²) in [6, 6.07) is 2.14. The van der Waals surface area contributed by atoms with Crippen LogP contribution < -0.4 is 10.5 Å². The molecule has 2 rings (SSSR count). The van der Waals surface area contributed by atoms with Gasteiger partial charge in [-0.3, -0.25) is 4.79 Å². The molecule has 0 spiro atoms. The predicted octanol–water partition coefficient (Wildman–Crippen LogP) is 2.83. The number of likely N-dealkylation sites (tertiary alicyclic amines) is 1. The number of hydrogen-bond donors (Lipinski definition) is 1. The molecule has 2 N–H and O–H groups in total. The molecule has 1 heterocycles. The number of rotatable bonds is 2. The zero-order valence-corrected chi connectivity index (χ0v) is 11.9. The van der Waals surface area contributed by atoms with Crippen LogP contribution in [0.2, 0.25) is 0 Å². The molecule has 1 aromatic rings. The first-order chi connectivity index (χ1) is 10.2. The number of hydrogen-bond acceptors (Lipinski definition) is 3. The first kappa shape index (κ1) is 16.4. The van der Waals surface area contributed by atoms with Gasteiger partial charge in [0.2, 0.25) is 0 Å². The van der Waals surface area contributed by atoms with Gasteiger partial charge in [-0.2, -0.15) is 13.2 Å². The molecule has 1 aliphatic heterocycles. The summed E-state index contributed by atoms with van der Waals surface area (Å²) in [5, 5.41) is 0. The van der Waals surface area contributed by atoms with E-state index in [1.54, 1.807) is 0 Å². The van der Waals surface area contributed by atoms with Crippen molar-refractivity contribution in [1.82, 2.24) is 4.90 Å². The van der Waals surface area contributed by atoms with Crippen molar-refractivity contribution < 1.29 is 27.1 Å². The largest absolute Gasteiger partial charge is 0.495 e. The normalized spacial score (nSPS) is 16.7. The summed E-state index contributed by atoms with van der Waals surface area (Å²) in [4.78, 5) is 13.5. The monoisotopic (exact) mass is 320 g/mol. The summed E-state index contributed by atoms with van der Waals surface area (Å²) in [6.45, 7) is -0.121. The molecule has 22 heavy (non-hydrogen) atoms. The van der Waals surface area contributed by atoms with Gasteiger partial charge >= 0.3 is 6.18 Å². The Labute approximate surface area is 124 Å². The summed E-state index contributed by atoms with van der Waals surface area (Å²) >= 11 is 0. The second-order valence-corrected chi connectivity index (χ2v) is 5.18. The van der Waals surface area contributed by atoms with Gasteiger partial charge in [-0.05, 0) is 18.9 Å². The molecular weight excluding hydrogens is 304 g/mol. The Kier molecular flexibility index (Phi) is 4.48. The van der Waals surface area contributed by atoms with Crippen molar-refractivity contribution in [1.29, 1.82) is 0 Å². The third-order valence-electron chi connectivity index (χ3n) is 3.79. The highest BCUT2D eigenvalue weighted by Crippen LogP contribution is 2.35. The number of carbonyl (C=O) groups excluding carboxylic acids is 1. The quantitative estimate of drug-likeness (QED) is 0.673. The summed E-state index contributed by atoms with van der Waals surface area (Å²) in [5.74, 6) is -2.74. The highest BCUT2D eigenvalue weighted by molar-refractivity contribution is 5.95. The summed E-state index contributed by atoms with van der Waals surface area (Å²) < 4.78 is 56.6. The van der Waals surface area contributed by atoms with E-state index in [0.29, 0.717) is 0 Å². The van der Waals surface area contributed by atoms with Crippen molar-refractivity contribution in [2.24, 2.45) is 5.92 Å². The Morgan fingerprint density at radius 1 is 1.32 bits per heavy atom. The molecule has 1 fully saturated rings. The van der Waals surface area contributed by atoms with Crippen LogP contribution in [0, 0.1) is 11.7 Å². The van der Waals surface area contributed by atoms with Gasteiger partial charge in [0.1, 0.15) is 11.6 Å². The molecule has 0 saturated carbocycles. The number of ether oxygens (including phenoxy) is 1. The van der Waals surface area contributed by atoms with Gasteiger partial charge < -0.3 is 15.4 Å². The lowest BCUT2D eigenvalue weighted by atomic mass is 9.95. The number of benzene rings is 1. The lowest BCUT2D eigenvalue weighted by Gasteiger charge is -2.33. The van der Waals surface area contributed by atoms with Gasteiger partial charge in [0.25, 0.3) is 5.91 Å². The second kappa shape index (κ2) is 6.02. The van der Waals surface area contributed by atoms with Gasteiger partial charge in [-0.15, -0.1) is 0 Å². The number of nitrogens with zero attached hydrogens (tertiary/aromatic N) is 1. The molecule has 0 bridgehead atoms. The molecule has 1 amide bonds. The Hall–Kier alpha value is -1.99. The van der Waals surface area contributed by atoms with Crippen molar-refractivity contribution in [2.75, 3.05) is 25.9 Å². The Morgan fingerprint density at radius 2 is 1.91 bits per heavy atom. The number of halogens is 4. The molecule has 1 saturated heterocycles. The molecule has 0 aromatic heterocycles. The first-order valence-electron chi connectivity index (χ1n) is 6.73. The lowest BCUT2D eigenvalue weighted by molar-refractivity contribution is -0.183. The van der Waals surface area contributed by atoms with Gasteiger partial charge in [0.05, 0.1) is 24.3 Å². The smallest absolute Gasteiger partial charge is 0.391 e. The van der Waals surface area contributed by atoms with E-state index in [1.165, 1.54) is 18.1 Å². The molecule has 8 heteroatoms. The van der Waals surface area contributed by atoms with Crippen molar-refractivity contribution >= 4 is 11.6 Å². The molecule has 1 aromatic carbocycles. The van der Waals surface area contributed by atoms with E-state index in [-0.39, 0.29) is 42.9 Å². The van der Waals surface area contributed by atoms with Crippen LogP contribution in [0.3, 0.4) is 0 Å². The fraction of sp³-hybridized carbons (Fsp3) is 0.500. The van der Waals surface area contributed by atoms with E-state index in [0.717, 1.165) is 6.07 Å². The molecular formula is C14H16F4N2O2. The minimum Gasteiger partial charge on any atom is -0.495 e. The van der Waals surface area contributed by atoms with Gasteiger partial charge in [0, 0.05) is 19.2 Å². The van der Waals surface area contributed by atoms with Crippen LogP contribution in [0.15, 0.2) is 12.1 Å². The van der Waals surface area contributed by atoms with Crippen LogP contribution in [0.25, 0.3) is 0 Å². The van der Waals surface area contributed by atoms with E-state index in [9.17, 15) is 22.4 Å². The molecule has 122 valence electrons. The van der Waals surface area contributed by atoms with Gasteiger partial charge in [-0.25, -0.2) is 4.39 Å².